The minimum absolute atomic E-state index is 0.107. The molecule has 0 radical (unpaired) electrons. The Morgan fingerprint density at radius 1 is 0.290 bits per heavy atom. The minimum atomic E-state index is -4.96. The fraction of sp³-hybridized carbons (Fsp3) is 0.951. The molecule has 0 aliphatic rings. The second kappa shape index (κ2) is 72.6. The topological polar surface area (TPSA) is 237 Å². The summed E-state index contributed by atoms with van der Waals surface area (Å²) in [6, 6.07) is 0. The molecule has 0 spiro atoms. The number of phosphoric acid groups is 2. The number of unbranched alkanes of at least 4 members (excludes halogenated alkanes) is 49. The van der Waals surface area contributed by atoms with Crippen LogP contribution in [-0.4, -0.2) is 96.7 Å². The standard InChI is InChI=1S/C81H158O17P2/c1-7-10-12-14-16-18-20-22-24-26-28-32-36-40-44-51-57-63-78(83)91-69-76(97-80(85)65-59-53-45-41-37-33-29-27-25-23-21-19-17-15-13-11-8-2)71-95-99(87,88)93-67-75(82)68-94-100(89,90)96-72-77(70-92-79(84)64-58-52-48-47-50-56-62-74(6)9-3)98-81(86)66-60-54-46-42-38-34-30-31-35-39-43-49-55-61-73(4)5/h73-77,82H,7-72H2,1-6H3,(H,87,88)(H,89,90)/t74?,75-,76-,77-/m1/s1. The molecule has 17 nitrogen and oxygen atoms in total. The fourth-order valence-electron chi connectivity index (χ4n) is 12.5. The number of carbonyl (C=O) groups excluding carboxylic acids is 4. The van der Waals surface area contributed by atoms with Crippen molar-refractivity contribution in [1.82, 2.24) is 0 Å². The van der Waals surface area contributed by atoms with Gasteiger partial charge in [0.05, 0.1) is 26.4 Å². The van der Waals surface area contributed by atoms with E-state index in [2.05, 4.69) is 41.5 Å². The summed E-state index contributed by atoms with van der Waals surface area (Å²) in [5.74, 6) is -0.591. The molecule has 0 rings (SSSR count). The number of ether oxygens (including phenoxy) is 4. The first kappa shape index (κ1) is 98.1. The smallest absolute Gasteiger partial charge is 0.462 e. The van der Waals surface area contributed by atoms with E-state index >= 15 is 0 Å². The van der Waals surface area contributed by atoms with Gasteiger partial charge in [0.1, 0.15) is 19.3 Å². The molecule has 0 heterocycles. The average molecular weight is 1470 g/mol. The van der Waals surface area contributed by atoms with Crippen molar-refractivity contribution >= 4 is 39.5 Å². The van der Waals surface area contributed by atoms with Crippen LogP contribution in [0.3, 0.4) is 0 Å². The van der Waals surface area contributed by atoms with Gasteiger partial charge in [-0.05, 0) is 37.5 Å². The van der Waals surface area contributed by atoms with Gasteiger partial charge >= 0.3 is 39.5 Å². The van der Waals surface area contributed by atoms with E-state index in [1.165, 1.54) is 238 Å². The monoisotopic (exact) mass is 1470 g/mol. The van der Waals surface area contributed by atoms with Gasteiger partial charge in [-0.3, -0.25) is 37.3 Å². The van der Waals surface area contributed by atoms with E-state index in [1.807, 2.05) is 0 Å². The largest absolute Gasteiger partial charge is 0.472 e. The number of hydrogen-bond acceptors (Lipinski definition) is 15. The van der Waals surface area contributed by atoms with Crippen molar-refractivity contribution in [1.29, 1.82) is 0 Å². The summed E-state index contributed by atoms with van der Waals surface area (Å²) in [6.45, 7) is 9.62. The lowest BCUT2D eigenvalue weighted by molar-refractivity contribution is -0.161. The summed E-state index contributed by atoms with van der Waals surface area (Å²) in [5, 5.41) is 10.6. The van der Waals surface area contributed by atoms with E-state index in [0.29, 0.717) is 25.7 Å². The van der Waals surface area contributed by atoms with Crippen molar-refractivity contribution in [2.24, 2.45) is 11.8 Å². The maximum atomic E-state index is 13.1. The molecule has 0 saturated heterocycles. The molecule has 594 valence electrons. The van der Waals surface area contributed by atoms with Crippen molar-refractivity contribution in [2.45, 2.75) is 445 Å². The van der Waals surface area contributed by atoms with Gasteiger partial charge in [0.2, 0.25) is 0 Å². The number of hydrogen-bond donors (Lipinski definition) is 3. The second-order valence-electron chi connectivity index (χ2n) is 29.9. The normalized spacial score (nSPS) is 14.2. The van der Waals surface area contributed by atoms with E-state index in [0.717, 1.165) is 108 Å². The van der Waals surface area contributed by atoms with E-state index in [-0.39, 0.29) is 25.7 Å². The van der Waals surface area contributed by atoms with Crippen LogP contribution in [0.4, 0.5) is 0 Å². The molecule has 0 saturated carbocycles. The highest BCUT2D eigenvalue weighted by Crippen LogP contribution is 2.45. The van der Waals surface area contributed by atoms with Crippen LogP contribution in [0.2, 0.25) is 0 Å². The third-order valence-corrected chi connectivity index (χ3v) is 21.2. The first-order chi connectivity index (χ1) is 48.4. The van der Waals surface area contributed by atoms with E-state index in [1.54, 1.807) is 0 Å². The zero-order valence-electron chi connectivity index (χ0n) is 65.5. The molecule has 100 heavy (non-hydrogen) atoms. The van der Waals surface area contributed by atoms with Crippen LogP contribution in [0.1, 0.15) is 427 Å². The Kier molecular flexibility index (Phi) is 71.2. The van der Waals surface area contributed by atoms with Crippen LogP contribution in [0.25, 0.3) is 0 Å². The summed E-state index contributed by atoms with van der Waals surface area (Å²) in [4.78, 5) is 73.0. The summed E-state index contributed by atoms with van der Waals surface area (Å²) in [6.07, 6.45) is 62.4. The average Bonchev–Trinajstić information content (AvgIpc) is 1.01. The first-order valence-electron chi connectivity index (χ1n) is 42.0. The lowest BCUT2D eigenvalue weighted by atomic mass is 10.00. The molecule has 0 aromatic rings. The molecule has 0 aromatic carbocycles. The Balaban J connectivity index is 5.25. The van der Waals surface area contributed by atoms with Gasteiger partial charge in [-0.2, -0.15) is 0 Å². The Hall–Kier alpha value is -1.94. The third kappa shape index (κ3) is 73.0. The van der Waals surface area contributed by atoms with Gasteiger partial charge in [-0.25, -0.2) is 9.13 Å². The number of rotatable bonds is 80. The summed E-state index contributed by atoms with van der Waals surface area (Å²) < 4.78 is 68.7. The van der Waals surface area contributed by atoms with Crippen LogP contribution in [-0.2, 0) is 65.4 Å². The highest BCUT2D eigenvalue weighted by molar-refractivity contribution is 7.47. The molecule has 0 aromatic heterocycles. The van der Waals surface area contributed by atoms with Gasteiger partial charge in [-0.1, -0.05) is 375 Å². The first-order valence-corrected chi connectivity index (χ1v) is 45.0. The van der Waals surface area contributed by atoms with E-state index in [9.17, 15) is 43.2 Å². The zero-order chi connectivity index (χ0) is 73.5. The van der Waals surface area contributed by atoms with Gasteiger partial charge < -0.3 is 33.8 Å². The molecule has 3 N–H and O–H groups in total. The Bertz CT molecular complexity index is 1930. The maximum absolute atomic E-state index is 13.1. The van der Waals surface area contributed by atoms with Gasteiger partial charge in [0.25, 0.3) is 0 Å². The highest BCUT2D eigenvalue weighted by atomic mass is 31.2. The quantitative estimate of drug-likeness (QED) is 0.0222. The van der Waals surface area contributed by atoms with Crippen LogP contribution in [0.15, 0.2) is 0 Å². The summed E-state index contributed by atoms with van der Waals surface area (Å²) in [7, 11) is -9.92. The van der Waals surface area contributed by atoms with Crippen LogP contribution < -0.4 is 0 Å². The lowest BCUT2D eigenvalue weighted by Crippen LogP contribution is -2.30. The fourth-order valence-corrected chi connectivity index (χ4v) is 14.1. The maximum Gasteiger partial charge on any atom is 0.472 e. The van der Waals surface area contributed by atoms with E-state index in [4.69, 9.17) is 37.0 Å². The van der Waals surface area contributed by atoms with Crippen LogP contribution >= 0.6 is 15.6 Å². The van der Waals surface area contributed by atoms with Crippen molar-refractivity contribution < 1.29 is 80.2 Å². The Morgan fingerprint density at radius 3 is 0.760 bits per heavy atom. The molecule has 0 bridgehead atoms. The molecular formula is C81H158O17P2. The number of carbonyl (C=O) groups is 4. The zero-order valence-corrected chi connectivity index (χ0v) is 67.3. The SMILES string of the molecule is CCCCCCCCCCCCCCCCCCCC(=O)OC[C@H](COP(=O)(O)OC[C@@H](O)COP(=O)(O)OC[C@@H](COC(=O)CCCCCCCCC(C)CC)OC(=O)CCCCCCCCCCCCCCCC(C)C)OC(=O)CCCCCCCCCCCCCCCCCCC. The van der Waals surface area contributed by atoms with Gasteiger partial charge in [0, 0.05) is 25.7 Å². The van der Waals surface area contributed by atoms with Crippen LogP contribution in [0.5, 0.6) is 0 Å². The molecule has 19 heteroatoms. The molecule has 0 aliphatic heterocycles. The predicted octanol–water partition coefficient (Wildman–Crippen LogP) is 24.3. The van der Waals surface area contributed by atoms with Crippen molar-refractivity contribution in [3.8, 4) is 0 Å². The lowest BCUT2D eigenvalue weighted by Gasteiger charge is -2.21. The Morgan fingerprint density at radius 2 is 0.510 bits per heavy atom. The summed E-state index contributed by atoms with van der Waals surface area (Å²) in [5.41, 5.74) is 0. The second-order valence-corrected chi connectivity index (χ2v) is 32.8. The highest BCUT2D eigenvalue weighted by Gasteiger charge is 2.30. The van der Waals surface area contributed by atoms with Crippen LogP contribution in [0, 0.1) is 11.8 Å². The van der Waals surface area contributed by atoms with Crippen molar-refractivity contribution in [3.63, 3.8) is 0 Å². The third-order valence-electron chi connectivity index (χ3n) is 19.3. The van der Waals surface area contributed by atoms with Crippen molar-refractivity contribution in [2.75, 3.05) is 39.6 Å². The Labute approximate surface area is 613 Å². The molecular weight excluding hydrogens is 1310 g/mol. The number of aliphatic hydroxyl groups excluding tert-OH is 1. The molecule has 0 aliphatic carbocycles. The van der Waals surface area contributed by atoms with E-state index < -0.39 is 97.5 Å². The molecule has 0 fully saturated rings. The number of phosphoric ester groups is 2. The number of esters is 4. The molecule has 6 atom stereocenters. The van der Waals surface area contributed by atoms with Crippen molar-refractivity contribution in [3.05, 3.63) is 0 Å². The summed E-state index contributed by atoms with van der Waals surface area (Å²) >= 11 is 0. The minimum Gasteiger partial charge on any atom is -0.462 e. The molecule has 0 amide bonds. The number of aliphatic hydroxyl groups is 1. The predicted molar refractivity (Wildman–Crippen MR) is 409 cm³/mol. The molecule has 3 unspecified atom stereocenters. The van der Waals surface area contributed by atoms with Gasteiger partial charge in [-0.15, -0.1) is 0 Å². The van der Waals surface area contributed by atoms with Gasteiger partial charge in [0.15, 0.2) is 12.2 Å².